The zero-order valence-corrected chi connectivity index (χ0v) is 26.0. The van der Waals surface area contributed by atoms with Gasteiger partial charge in [0.15, 0.2) is 0 Å². The summed E-state index contributed by atoms with van der Waals surface area (Å²) in [5.74, 6) is 0. The molecule has 5 aromatic heterocycles. The SMILES string of the molecule is c1ccc(-c2nc3ccc(-c4ccc(-c5cc(-c6ccccn6)nc(-c6ccccn6)c5)cc4)cc3c3c2sc2ccccc23)cc1. The van der Waals surface area contributed by atoms with E-state index in [1.54, 1.807) is 12.4 Å². The Bertz CT molecular complexity index is 2490. The first-order valence-electron chi connectivity index (χ1n) is 15.5. The molecule has 0 N–H and O–H groups in total. The molecule has 0 saturated heterocycles. The summed E-state index contributed by atoms with van der Waals surface area (Å²) in [7, 11) is 0. The van der Waals surface area contributed by atoms with Crippen LogP contribution in [0.5, 0.6) is 0 Å². The maximum atomic E-state index is 5.22. The van der Waals surface area contributed by atoms with Crippen molar-refractivity contribution in [1.82, 2.24) is 19.9 Å². The number of aromatic nitrogens is 4. The number of nitrogens with zero attached hydrogens (tertiary/aromatic N) is 4. The molecule has 4 aromatic carbocycles. The molecule has 0 saturated carbocycles. The molecule has 0 aliphatic carbocycles. The van der Waals surface area contributed by atoms with Crippen LogP contribution in [0.3, 0.4) is 0 Å². The van der Waals surface area contributed by atoms with Crippen molar-refractivity contribution in [2.45, 2.75) is 0 Å². The second-order valence-corrected chi connectivity index (χ2v) is 12.5. The second kappa shape index (κ2) is 11.4. The lowest BCUT2D eigenvalue weighted by Gasteiger charge is -2.11. The summed E-state index contributed by atoms with van der Waals surface area (Å²) in [6, 6.07) is 50.6. The van der Waals surface area contributed by atoms with E-state index in [0.717, 1.165) is 61.8 Å². The van der Waals surface area contributed by atoms with Crippen LogP contribution in [-0.2, 0) is 0 Å². The van der Waals surface area contributed by atoms with Gasteiger partial charge in [-0.15, -0.1) is 11.3 Å². The molecule has 0 bridgehead atoms. The van der Waals surface area contributed by atoms with E-state index in [0.29, 0.717) is 0 Å². The van der Waals surface area contributed by atoms with E-state index in [4.69, 9.17) is 9.97 Å². The van der Waals surface area contributed by atoms with Crippen LogP contribution < -0.4 is 0 Å². The molecule has 0 amide bonds. The Morgan fingerprint density at radius 2 is 1.02 bits per heavy atom. The maximum absolute atomic E-state index is 5.22. The zero-order chi connectivity index (χ0) is 31.2. The monoisotopic (exact) mass is 618 g/mol. The van der Waals surface area contributed by atoms with E-state index in [-0.39, 0.29) is 0 Å². The largest absolute Gasteiger partial charge is 0.255 e. The molecule has 220 valence electrons. The molecule has 0 aliphatic rings. The maximum Gasteiger partial charge on any atom is 0.0900 e. The summed E-state index contributed by atoms with van der Waals surface area (Å²) in [5.41, 5.74) is 11.0. The molecule has 4 nitrogen and oxygen atoms in total. The van der Waals surface area contributed by atoms with Crippen molar-refractivity contribution in [1.29, 1.82) is 0 Å². The highest BCUT2D eigenvalue weighted by molar-refractivity contribution is 7.26. The van der Waals surface area contributed by atoms with Gasteiger partial charge in [-0.2, -0.15) is 0 Å². The lowest BCUT2D eigenvalue weighted by Crippen LogP contribution is -1.94. The minimum absolute atomic E-state index is 0.816. The van der Waals surface area contributed by atoms with Crippen molar-refractivity contribution >= 4 is 42.4 Å². The number of hydrogen-bond acceptors (Lipinski definition) is 5. The standard InChI is InChI=1S/C42H26N4S/c1-2-10-29(11-3-1)41-42-40(32-12-4-5-15-39(32)47-42)33-24-30(20-21-34(33)46-41)27-16-18-28(19-17-27)31-25-37(35-13-6-8-22-43-35)45-38(26-31)36-14-7-9-23-44-36/h1-26H. The van der Waals surface area contributed by atoms with Crippen molar-refractivity contribution in [2.24, 2.45) is 0 Å². The zero-order valence-electron chi connectivity index (χ0n) is 25.2. The van der Waals surface area contributed by atoms with Gasteiger partial charge in [-0.05, 0) is 76.9 Å². The summed E-state index contributed by atoms with van der Waals surface area (Å²) in [5, 5.41) is 3.72. The predicted octanol–water partition coefficient (Wildman–Crippen LogP) is 11.1. The van der Waals surface area contributed by atoms with Crippen LogP contribution in [0.4, 0.5) is 0 Å². The van der Waals surface area contributed by atoms with E-state index in [1.165, 1.54) is 25.6 Å². The minimum Gasteiger partial charge on any atom is -0.255 e. The number of fused-ring (bicyclic) bond motifs is 5. The van der Waals surface area contributed by atoms with E-state index >= 15 is 0 Å². The molecule has 5 heterocycles. The number of benzene rings is 4. The number of thiophene rings is 1. The summed E-state index contributed by atoms with van der Waals surface area (Å²) < 4.78 is 2.50. The molecular formula is C42H26N4S. The molecule has 0 radical (unpaired) electrons. The van der Waals surface area contributed by atoms with E-state index in [2.05, 4.69) is 119 Å². The molecule has 9 aromatic rings. The fraction of sp³-hybridized carbons (Fsp3) is 0. The van der Waals surface area contributed by atoms with E-state index in [1.807, 2.05) is 47.7 Å². The molecule has 0 atom stereocenters. The summed E-state index contributed by atoms with van der Waals surface area (Å²) in [6.45, 7) is 0. The van der Waals surface area contributed by atoms with Gasteiger partial charge < -0.3 is 0 Å². The summed E-state index contributed by atoms with van der Waals surface area (Å²) >= 11 is 1.82. The van der Waals surface area contributed by atoms with Gasteiger partial charge in [0.05, 0.1) is 38.7 Å². The van der Waals surface area contributed by atoms with Crippen molar-refractivity contribution in [3.8, 4) is 56.3 Å². The van der Waals surface area contributed by atoms with Gasteiger partial charge in [-0.1, -0.05) is 91.0 Å². The Kier molecular flexibility index (Phi) is 6.61. The highest BCUT2D eigenvalue weighted by Gasteiger charge is 2.17. The summed E-state index contributed by atoms with van der Waals surface area (Å²) in [4.78, 5) is 19.3. The summed E-state index contributed by atoms with van der Waals surface area (Å²) in [6.07, 6.45) is 3.60. The van der Waals surface area contributed by atoms with Gasteiger partial charge in [-0.25, -0.2) is 9.97 Å². The van der Waals surface area contributed by atoms with Crippen LogP contribution in [0.25, 0.3) is 87.4 Å². The third-order valence-electron chi connectivity index (χ3n) is 8.59. The van der Waals surface area contributed by atoms with E-state index in [9.17, 15) is 0 Å². The highest BCUT2D eigenvalue weighted by atomic mass is 32.1. The molecule has 0 unspecified atom stereocenters. The third kappa shape index (κ3) is 4.94. The molecule has 0 spiro atoms. The lowest BCUT2D eigenvalue weighted by molar-refractivity contribution is 1.22. The predicted molar refractivity (Wildman–Crippen MR) is 195 cm³/mol. The van der Waals surface area contributed by atoms with Crippen molar-refractivity contribution in [3.05, 3.63) is 158 Å². The number of pyridine rings is 4. The van der Waals surface area contributed by atoms with Gasteiger partial charge in [0.2, 0.25) is 0 Å². The highest BCUT2D eigenvalue weighted by Crippen LogP contribution is 2.43. The molecule has 0 fully saturated rings. The first-order chi connectivity index (χ1) is 23.3. The first-order valence-corrected chi connectivity index (χ1v) is 16.4. The van der Waals surface area contributed by atoms with Gasteiger partial charge in [0.1, 0.15) is 0 Å². The van der Waals surface area contributed by atoms with Crippen molar-refractivity contribution in [3.63, 3.8) is 0 Å². The molecule has 5 heteroatoms. The Morgan fingerprint density at radius 3 is 1.70 bits per heavy atom. The van der Waals surface area contributed by atoms with Crippen molar-refractivity contribution in [2.75, 3.05) is 0 Å². The Labute approximate surface area is 275 Å². The van der Waals surface area contributed by atoms with Gasteiger partial charge in [-0.3, -0.25) is 9.97 Å². The van der Waals surface area contributed by atoms with Crippen molar-refractivity contribution < 1.29 is 0 Å². The van der Waals surface area contributed by atoms with Crippen LogP contribution in [0.1, 0.15) is 0 Å². The smallest absolute Gasteiger partial charge is 0.0900 e. The third-order valence-corrected chi connectivity index (χ3v) is 9.76. The Morgan fingerprint density at radius 1 is 0.404 bits per heavy atom. The van der Waals surface area contributed by atoms with Crippen LogP contribution in [0.2, 0.25) is 0 Å². The fourth-order valence-corrected chi connectivity index (χ4v) is 7.53. The lowest BCUT2D eigenvalue weighted by atomic mass is 9.96. The molecule has 9 rings (SSSR count). The van der Waals surface area contributed by atoms with Gasteiger partial charge in [0.25, 0.3) is 0 Å². The average Bonchev–Trinajstić information content (AvgIpc) is 3.55. The average molecular weight is 619 g/mol. The quantitative estimate of drug-likeness (QED) is 0.193. The molecule has 0 aliphatic heterocycles. The molecular weight excluding hydrogens is 593 g/mol. The van der Waals surface area contributed by atoms with Crippen LogP contribution in [-0.4, -0.2) is 19.9 Å². The molecule has 47 heavy (non-hydrogen) atoms. The minimum atomic E-state index is 0.816. The normalized spacial score (nSPS) is 11.4. The topological polar surface area (TPSA) is 51.6 Å². The van der Waals surface area contributed by atoms with Crippen LogP contribution >= 0.6 is 11.3 Å². The Hall–Kier alpha value is -6.04. The van der Waals surface area contributed by atoms with Crippen LogP contribution in [0, 0.1) is 0 Å². The first kappa shape index (κ1) is 27.3. The number of rotatable bonds is 5. The van der Waals surface area contributed by atoms with Gasteiger partial charge in [0, 0.05) is 38.8 Å². The fourth-order valence-electron chi connectivity index (χ4n) is 6.30. The van der Waals surface area contributed by atoms with Crippen LogP contribution in [0.15, 0.2) is 158 Å². The second-order valence-electron chi connectivity index (χ2n) is 11.5. The van der Waals surface area contributed by atoms with E-state index < -0.39 is 0 Å². The van der Waals surface area contributed by atoms with Gasteiger partial charge >= 0.3 is 0 Å². The Balaban J connectivity index is 1.16. The number of hydrogen-bond donors (Lipinski definition) is 0.